The van der Waals surface area contributed by atoms with Gasteiger partial charge in [0.05, 0.1) is 6.54 Å². The van der Waals surface area contributed by atoms with Gasteiger partial charge in [-0.25, -0.2) is 4.79 Å². The third-order valence-electron chi connectivity index (χ3n) is 4.16. The molecule has 0 aliphatic carbocycles. The van der Waals surface area contributed by atoms with E-state index in [2.05, 4.69) is 15.6 Å². The van der Waals surface area contributed by atoms with Crippen molar-refractivity contribution < 1.29 is 14.4 Å². The maximum atomic E-state index is 12.4. The van der Waals surface area contributed by atoms with Gasteiger partial charge in [0.1, 0.15) is 6.04 Å². The highest BCUT2D eigenvalue weighted by Gasteiger charge is 2.37. The number of carbonyl (C=O) groups is 3. The fourth-order valence-electron chi connectivity index (χ4n) is 2.76. The molecule has 1 atom stereocenters. The standard InChI is InChI=1S/C19H20N4O3/c24-17(21-12-15-7-4-10-20-11-15)9-8-16-18(25)23(19(26)22-16)13-14-5-2-1-3-6-14/h1-7,10-11,16H,8-9,12-13H2,(H,21,24)(H,22,26)/t16-/m0/s1. The molecule has 134 valence electrons. The number of rotatable bonds is 7. The van der Waals surface area contributed by atoms with Crippen LogP contribution < -0.4 is 10.6 Å². The molecule has 0 unspecified atom stereocenters. The number of pyridine rings is 1. The summed E-state index contributed by atoms with van der Waals surface area (Å²) in [5.74, 6) is -0.462. The van der Waals surface area contributed by atoms with Gasteiger partial charge in [-0.15, -0.1) is 0 Å². The van der Waals surface area contributed by atoms with Crippen LogP contribution in [0.2, 0.25) is 0 Å². The molecule has 2 aromatic rings. The first-order valence-corrected chi connectivity index (χ1v) is 8.45. The molecule has 1 fully saturated rings. The van der Waals surface area contributed by atoms with Crippen molar-refractivity contribution in [3.8, 4) is 0 Å². The van der Waals surface area contributed by atoms with E-state index in [1.54, 1.807) is 18.5 Å². The first-order valence-electron chi connectivity index (χ1n) is 8.45. The molecule has 4 amide bonds. The summed E-state index contributed by atoms with van der Waals surface area (Å²) in [6.45, 7) is 0.618. The fraction of sp³-hybridized carbons (Fsp3) is 0.263. The predicted molar refractivity (Wildman–Crippen MR) is 94.6 cm³/mol. The smallest absolute Gasteiger partial charge is 0.325 e. The second-order valence-electron chi connectivity index (χ2n) is 6.09. The summed E-state index contributed by atoms with van der Waals surface area (Å²) < 4.78 is 0. The summed E-state index contributed by atoms with van der Waals surface area (Å²) in [6, 6.07) is 11.9. The van der Waals surface area contributed by atoms with E-state index in [4.69, 9.17) is 0 Å². The van der Waals surface area contributed by atoms with Crippen LogP contribution in [-0.2, 0) is 22.7 Å². The topological polar surface area (TPSA) is 91.4 Å². The summed E-state index contributed by atoms with van der Waals surface area (Å²) in [4.78, 5) is 41.6. The van der Waals surface area contributed by atoms with E-state index in [1.165, 1.54) is 4.90 Å². The molecule has 0 bridgehead atoms. The molecule has 2 heterocycles. The summed E-state index contributed by atoms with van der Waals surface area (Å²) in [7, 11) is 0. The second kappa shape index (κ2) is 8.24. The molecule has 0 saturated carbocycles. The summed E-state index contributed by atoms with van der Waals surface area (Å²) in [5, 5.41) is 5.43. The highest BCUT2D eigenvalue weighted by atomic mass is 16.2. The monoisotopic (exact) mass is 352 g/mol. The normalized spacial score (nSPS) is 16.5. The van der Waals surface area contributed by atoms with Crippen molar-refractivity contribution >= 4 is 17.8 Å². The Labute approximate surface area is 151 Å². The molecular formula is C19H20N4O3. The van der Waals surface area contributed by atoms with Gasteiger partial charge in [0.15, 0.2) is 0 Å². The van der Waals surface area contributed by atoms with E-state index in [0.29, 0.717) is 6.54 Å². The Bertz CT molecular complexity index is 780. The van der Waals surface area contributed by atoms with E-state index in [9.17, 15) is 14.4 Å². The van der Waals surface area contributed by atoms with Crippen molar-refractivity contribution in [2.75, 3.05) is 0 Å². The zero-order valence-electron chi connectivity index (χ0n) is 14.2. The predicted octanol–water partition coefficient (Wildman–Crippen LogP) is 1.60. The highest BCUT2D eigenvalue weighted by Crippen LogP contribution is 2.15. The molecule has 1 aromatic heterocycles. The van der Waals surface area contributed by atoms with Gasteiger partial charge in [0, 0.05) is 25.4 Å². The minimum Gasteiger partial charge on any atom is -0.352 e. The third kappa shape index (κ3) is 4.44. The number of aromatic nitrogens is 1. The Balaban J connectivity index is 1.47. The van der Waals surface area contributed by atoms with Crippen LogP contribution in [0.25, 0.3) is 0 Å². The first kappa shape index (κ1) is 17.6. The van der Waals surface area contributed by atoms with Crippen LogP contribution in [0.15, 0.2) is 54.9 Å². The van der Waals surface area contributed by atoms with Crippen LogP contribution in [0, 0.1) is 0 Å². The van der Waals surface area contributed by atoms with Crippen LogP contribution in [0.5, 0.6) is 0 Å². The molecule has 1 aliphatic heterocycles. The third-order valence-corrected chi connectivity index (χ3v) is 4.16. The minimum absolute atomic E-state index is 0.163. The lowest BCUT2D eigenvalue weighted by Crippen LogP contribution is -2.32. The first-order chi connectivity index (χ1) is 12.6. The molecule has 26 heavy (non-hydrogen) atoms. The molecule has 1 aromatic carbocycles. The van der Waals surface area contributed by atoms with Gasteiger partial charge >= 0.3 is 6.03 Å². The Morgan fingerprint density at radius 2 is 1.88 bits per heavy atom. The number of hydrogen-bond donors (Lipinski definition) is 2. The van der Waals surface area contributed by atoms with Crippen LogP contribution in [0.4, 0.5) is 4.79 Å². The average molecular weight is 352 g/mol. The number of nitrogens with zero attached hydrogens (tertiary/aromatic N) is 2. The Kier molecular flexibility index (Phi) is 5.58. The SMILES string of the molecule is O=C(CC[C@@H]1NC(=O)N(Cc2ccccc2)C1=O)NCc1cccnc1. The van der Waals surface area contributed by atoms with Gasteiger partial charge in [0.25, 0.3) is 5.91 Å². The van der Waals surface area contributed by atoms with Crippen LogP contribution in [0.1, 0.15) is 24.0 Å². The van der Waals surface area contributed by atoms with Crippen LogP contribution in [-0.4, -0.2) is 33.8 Å². The van der Waals surface area contributed by atoms with E-state index in [-0.39, 0.29) is 31.2 Å². The lowest BCUT2D eigenvalue weighted by atomic mass is 10.1. The van der Waals surface area contributed by atoms with Crippen LogP contribution >= 0.6 is 0 Å². The fourth-order valence-corrected chi connectivity index (χ4v) is 2.76. The van der Waals surface area contributed by atoms with E-state index < -0.39 is 12.1 Å². The quantitative estimate of drug-likeness (QED) is 0.741. The molecule has 7 nitrogen and oxygen atoms in total. The van der Waals surface area contributed by atoms with Crippen molar-refractivity contribution in [2.45, 2.75) is 32.0 Å². The molecule has 0 spiro atoms. The Hall–Kier alpha value is -3.22. The molecule has 1 saturated heterocycles. The van der Waals surface area contributed by atoms with Crippen molar-refractivity contribution in [3.05, 3.63) is 66.0 Å². The van der Waals surface area contributed by atoms with E-state index in [1.807, 2.05) is 36.4 Å². The maximum absolute atomic E-state index is 12.4. The van der Waals surface area contributed by atoms with Crippen LogP contribution in [0.3, 0.4) is 0 Å². The number of hydrogen-bond acceptors (Lipinski definition) is 4. The lowest BCUT2D eigenvalue weighted by Gasteiger charge is -2.13. The summed E-state index contributed by atoms with van der Waals surface area (Å²) in [6.07, 6.45) is 3.79. The van der Waals surface area contributed by atoms with Gasteiger partial charge in [-0.05, 0) is 23.6 Å². The zero-order valence-corrected chi connectivity index (χ0v) is 14.2. The number of urea groups is 1. The number of imide groups is 1. The number of benzene rings is 1. The van der Waals surface area contributed by atoms with Gasteiger partial charge in [-0.3, -0.25) is 19.5 Å². The molecule has 1 aliphatic rings. The van der Waals surface area contributed by atoms with Gasteiger partial charge in [0.2, 0.25) is 5.91 Å². The van der Waals surface area contributed by atoms with Crippen molar-refractivity contribution in [3.63, 3.8) is 0 Å². The number of carbonyl (C=O) groups excluding carboxylic acids is 3. The molecule has 2 N–H and O–H groups in total. The maximum Gasteiger partial charge on any atom is 0.325 e. The second-order valence-corrected chi connectivity index (χ2v) is 6.09. The molecular weight excluding hydrogens is 332 g/mol. The highest BCUT2D eigenvalue weighted by molar-refractivity contribution is 6.04. The number of nitrogens with one attached hydrogen (secondary N) is 2. The van der Waals surface area contributed by atoms with Gasteiger partial charge < -0.3 is 10.6 Å². The largest absolute Gasteiger partial charge is 0.352 e. The Morgan fingerprint density at radius 1 is 1.12 bits per heavy atom. The molecule has 7 heteroatoms. The van der Waals surface area contributed by atoms with Crippen molar-refractivity contribution in [1.29, 1.82) is 0 Å². The molecule has 0 radical (unpaired) electrons. The lowest BCUT2D eigenvalue weighted by molar-refractivity contribution is -0.128. The average Bonchev–Trinajstić information content (AvgIpc) is 2.94. The molecule has 3 rings (SSSR count). The van der Waals surface area contributed by atoms with Crippen molar-refractivity contribution in [2.24, 2.45) is 0 Å². The van der Waals surface area contributed by atoms with E-state index in [0.717, 1.165) is 11.1 Å². The summed E-state index contributed by atoms with van der Waals surface area (Å²) >= 11 is 0. The zero-order chi connectivity index (χ0) is 18.4. The van der Waals surface area contributed by atoms with Gasteiger partial charge in [-0.2, -0.15) is 0 Å². The minimum atomic E-state index is -0.657. The van der Waals surface area contributed by atoms with E-state index >= 15 is 0 Å². The summed E-state index contributed by atoms with van der Waals surface area (Å²) in [5.41, 5.74) is 1.78. The Morgan fingerprint density at radius 3 is 2.62 bits per heavy atom. The number of amides is 4. The van der Waals surface area contributed by atoms with Crippen molar-refractivity contribution in [1.82, 2.24) is 20.5 Å². The van der Waals surface area contributed by atoms with Gasteiger partial charge in [-0.1, -0.05) is 36.4 Å².